The van der Waals surface area contributed by atoms with Crippen LogP contribution >= 0.6 is 23.2 Å². The van der Waals surface area contributed by atoms with Gasteiger partial charge in [0.25, 0.3) is 5.91 Å². The van der Waals surface area contributed by atoms with E-state index in [9.17, 15) is 4.79 Å². The highest BCUT2D eigenvalue weighted by atomic mass is 35.5. The van der Waals surface area contributed by atoms with E-state index in [-0.39, 0.29) is 5.91 Å². The second kappa shape index (κ2) is 10.4. The Balaban J connectivity index is 1.46. The van der Waals surface area contributed by atoms with Gasteiger partial charge in [0.1, 0.15) is 11.6 Å². The van der Waals surface area contributed by atoms with Crippen molar-refractivity contribution < 1.29 is 4.79 Å². The number of hydrogen-bond acceptors (Lipinski definition) is 5. The molecule has 0 bridgehead atoms. The number of amides is 1. The van der Waals surface area contributed by atoms with Gasteiger partial charge in [-0.1, -0.05) is 55.2 Å². The summed E-state index contributed by atoms with van der Waals surface area (Å²) in [4.78, 5) is 27.2. The number of carbonyl (C=O) groups is 1. The first-order chi connectivity index (χ1) is 17.4. The van der Waals surface area contributed by atoms with E-state index in [4.69, 9.17) is 33.2 Å². The molecule has 1 amide bonds. The molecule has 1 aliphatic heterocycles. The molecule has 0 aliphatic carbocycles. The van der Waals surface area contributed by atoms with Crippen LogP contribution in [0.3, 0.4) is 0 Å². The molecule has 0 N–H and O–H groups in total. The predicted octanol–water partition coefficient (Wildman–Crippen LogP) is 5.67. The number of benzene rings is 2. The van der Waals surface area contributed by atoms with Crippen molar-refractivity contribution in [1.29, 1.82) is 0 Å². The molecule has 1 aliphatic rings. The lowest BCUT2D eigenvalue weighted by Crippen LogP contribution is -2.35. The lowest BCUT2D eigenvalue weighted by molar-refractivity contribution is 0.0767. The molecule has 186 valence electrons. The third kappa shape index (κ3) is 5.04. The van der Waals surface area contributed by atoms with E-state index < -0.39 is 0 Å². The molecule has 0 radical (unpaired) electrons. The number of fused-ring (bicyclic) bond motifs is 1. The molecule has 0 saturated carbocycles. The number of halogens is 2. The van der Waals surface area contributed by atoms with Crippen molar-refractivity contribution in [2.24, 2.45) is 5.92 Å². The summed E-state index contributed by atoms with van der Waals surface area (Å²) in [7, 11) is 0. The van der Waals surface area contributed by atoms with Crippen molar-refractivity contribution in [2.75, 3.05) is 31.1 Å². The Morgan fingerprint density at radius 3 is 2.56 bits per heavy atom. The Morgan fingerprint density at radius 2 is 1.81 bits per heavy atom. The summed E-state index contributed by atoms with van der Waals surface area (Å²) in [6.07, 6.45) is 3.43. The molecule has 2 aromatic carbocycles. The van der Waals surface area contributed by atoms with Crippen LogP contribution in [-0.2, 0) is 6.42 Å². The van der Waals surface area contributed by atoms with Crippen LogP contribution < -0.4 is 4.90 Å². The van der Waals surface area contributed by atoms with Gasteiger partial charge in [0.2, 0.25) is 0 Å². The highest BCUT2D eigenvalue weighted by Gasteiger charge is 2.25. The average molecular weight is 523 g/mol. The minimum absolute atomic E-state index is 0.0799. The predicted molar refractivity (Wildman–Crippen MR) is 144 cm³/mol. The van der Waals surface area contributed by atoms with E-state index >= 15 is 0 Å². The fraction of sp³-hybridized carbons (Fsp3) is 0.333. The number of aromatic nitrogens is 4. The first-order valence-corrected chi connectivity index (χ1v) is 13.0. The number of carbonyl (C=O) groups excluding carboxylic acids is 1. The van der Waals surface area contributed by atoms with Gasteiger partial charge in [-0.25, -0.2) is 14.6 Å². The van der Waals surface area contributed by atoms with Crippen LogP contribution in [0.15, 0.2) is 54.7 Å². The average Bonchev–Trinajstić information content (AvgIpc) is 3.12. The summed E-state index contributed by atoms with van der Waals surface area (Å²) in [5, 5.41) is 6.46. The molecule has 5 rings (SSSR count). The maximum Gasteiger partial charge on any atom is 0.255 e. The van der Waals surface area contributed by atoms with E-state index in [2.05, 4.69) is 23.8 Å². The largest absolute Gasteiger partial charge is 0.354 e. The third-order valence-corrected chi connectivity index (χ3v) is 6.84. The molecule has 0 atom stereocenters. The minimum atomic E-state index is -0.0799. The number of rotatable bonds is 5. The van der Waals surface area contributed by atoms with Gasteiger partial charge in [-0.2, -0.15) is 5.10 Å². The molecule has 4 aromatic rings. The smallest absolute Gasteiger partial charge is 0.255 e. The Morgan fingerprint density at radius 1 is 1.00 bits per heavy atom. The number of hydrogen-bond donors (Lipinski definition) is 0. The molecular weight excluding hydrogens is 495 g/mol. The van der Waals surface area contributed by atoms with Crippen LogP contribution in [-0.4, -0.2) is 56.7 Å². The molecule has 36 heavy (non-hydrogen) atoms. The van der Waals surface area contributed by atoms with Gasteiger partial charge in [0.15, 0.2) is 5.65 Å². The highest BCUT2D eigenvalue weighted by Crippen LogP contribution is 2.28. The minimum Gasteiger partial charge on any atom is -0.354 e. The molecule has 9 heteroatoms. The summed E-state index contributed by atoms with van der Waals surface area (Å²) in [6, 6.07) is 15.0. The van der Waals surface area contributed by atoms with Gasteiger partial charge in [-0.3, -0.25) is 4.79 Å². The second-order valence-corrected chi connectivity index (χ2v) is 10.3. The monoisotopic (exact) mass is 522 g/mol. The molecule has 0 spiro atoms. The normalized spacial score (nSPS) is 14.5. The number of para-hydroxylation sites is 1. The van der Waals surface area contributed by atoms with Crippen molar-refractivity contribution in [3.05, 3.63) is 76.2 Å². The zero-order chi connectivity index (χ0) is 25.2. The van der Waals surface area contributed by atoms with Crippen LogP contribution in [0.1, 0.15) is 36.5 Å². The van der Waals surface area contributed by atoms with Gasteiger partial charge in [-0.15, -0.1) is 0 Å². The van der Waals surface area contributed by atoms with Crippen LogP contribution in [0, 0.1) is 5.92 Å². The SMILES string of the molecule is CC(C)Cc1nc(N2CCCN(C(=O)c3ccc(Cl)cc3Cl)CC2)c2cnn(-c3ccccc3)c2n1. The zero-order valence-electron chi connectivity index (χ0n) is 20.4. The van der Waals surface area contributed by atoms with Crippen molar-refractivity contribution in [1.82, 2.24) is 24.6 Å². The van der Waals surface area contributed by atoms with E-state index in [0.29, 0.717) is 41.2 Å². The first kappa shape index (κ1) is 24.5. The summed E-state index contributed by atoms with van der Waals surface area (Å²) in [5.41, 5.74) is 2.23. The summed E-state index contributed by atoms with van der Waals surface area (Å²) >= 11 is 12.3. The van der Waals surface area contributed by atoms with E-state index in [1.165, 1.54) is 0 Å². The molecule has 1 saturated heterocycles. The maximum absolute atomic E-state index is 13.2. The molecule has 0 unspecified atom stereocenters. The quantitative estimate of drug-likeness (QED) is 0.337. The van der Waals surface area contributed by atoms with Crippen LogP contribution in [0.2, 0.25) is 10.0 Å². The standard InChI is InChI=1S/C27H28Cl2N6O/c1-18(2)15-24-31-25(22-17-30-35(26(22)32-24)20-7-4-3-5-8-20)33-11-6-12-34(14-13-33)27(36)21-10-9-19(28)16-23(21)29/h3-5,7-10,16-18H,6,11-15H2,1-2H3. The second-order valence-electron chi connectivity index (χ2n) is 9.45. The lowest BCUT2D eigenvalue weighted by atomic mass is 10.1. The van der Waals surface area contributed by atoms with E-state index in [1.807, 2.05) is 46.1 Å². The van der Waals surface area contributed by atoms with Crippen molar-refractivity contribution in [3.63, 3.8) is 0 Å². The van der Waals surface area contributed by atoms with Crippen LogP contribution in [0.4, 0.5) is 5.82 Å². The fourth-order valence-electron chi connectivity index (χ4n) is 4.56. The van der Waals surface area contributed by atoms with Crippen LogP contribution in [0.25, 0.3) is 16.7 Å². The maximum atomic E-state index is 13.2. The van der Waals surface area contributed by atoms with Gasteiger partial charge < -0.3 is 9.80 Å². The number of nitrogens with zero attached hydrogens (tertiary/aromatic N) is 6. The summed E-state index contributed by atoms with van der Waals surface area (Å²) < 4.78 is 1.88. The Kier molecular flexibility index (Phi) is 7.12. The Hall–Kier alpha value is -3.16. The van der Waals surface area contributed by atoms with Gasteiger partial charge in [0.05, 0.1) is 27.9 Å². The van der Waals surface area contributed by atoms with Crippen molar-refractivity contribution in [2.45, 2.75) is 26.7 Å². The van der Waals surface area contributed by atoms with Crippen molar-refractivity contribution in [3.8, 4) is 5.69 Å². The van der Waals surface area contributed by atoms with Crippen LogP contribution in [0.5, 0.6) is 0 Å². The zero-order valence-corrected chi connectivity index (χ0v) is 21.9. The highest BCUT2D eigenvalue weighted by molar-refractivity contribution is 6.36. The molecule has 1 fully saturated rings. The van der Waals surface area contributed by atoms with E-state index in [0.717, 1.165) is 47.7 Å². The topological polar surface area (TPSA) is 67.2 Å². The summed E-state index contributed by atoms with van der Waals surface area (Å²) in [5.74, 6) is 2.01. The third-order valence-electron chi connectivity index (χ3n) is 6.29. The van der Waals surface area contributed by atoms with E-state index in [1.54, 1.807) is 18.2 Å². The van der Waals surface area contributed by atoms with Gasteiger partial charge in [0, 0.05) is 37.6 Å². The van der Waals surface area contributed by atoms with Gasteiger partial charge >= 0.3 is 0 Å². The molecular formula is C27H28Cl2N6O. The Labute approximate surface area is 220 Å². The lowest BCUT2D eigenvalue weighted by Gasteiger charge is -2.24. The summed E-state index contributed by atoms with van der Waals surface area (Å²) in [6.45, 7) is 6.97. The van der Waals surface area contributed by atoms with Gasteiger partial charge in [-0.05, 0) is 42.7 Å². The molecule has 3 heterocycles. The number of anilines is 1. The Bertz CT molecular complexity index is 1390. The fourth-order valence-corrected chi connectivity index (χ4v) is 5.05. The molecule has 7 nitrogen and oxygen atoms in total. The van der Waals surface area contributed by atoms with Crippen molar-refractivity contribution >= 4 is 46.0 Å². The first-order valence-electron chi connectivity index (χ1n) is 12.2. The molecule has 2 aromatic heterocycles.